The van der Waals surface area contributed by atoms with E-state index in [1.807, 2.05) is 58.9 Å². The number of nitrogens with one attached hydrogen (secondary N) is 2. The summed E-state index contributed by atoms with van der Waals surface area (Å²) < 4.78 is 1.21. The van der Waals surface area contributed by atoms with Gasteiger partial charge in [-0.15, -0.1) is 5.10 Å². The number of nitrogen functional groups attached to an aromatic ring is 1. The number of carbonyl (C=O) groups is 2. The molecular weight excluding hydrogens is 380 g/mol. The minimum atomic E-state index is -0.474. The van der Waals surface area contributed by atoms with Crippen LogP contribution >= 0.6 is 0 Å². The van der Waals surface area contributed by atoms with Crippen molar-refractivity contribution in [1.29, 1.82) is 0 Å². The number of nitrogens with two attached hydrogens (primary N) is 1. The Hall–Kier alpha value is -3.68. The molecular formula is C22H26N6O2. The van der Waals surface area contributed by atoms with Crippen LogP contribution in [0.1, 0.15) is 38.3 Å². The average Bonchev–Trinajstić information content (AvgIpc) is 3.02. The van der Waals surface area contributed by atoms with E-state index in [2.05, 4.69) is 20.9 Å². The number of hydrogen-bond acceptors (Lipinski definition) is 5. The number of benzene rings is 2. The lowest BCUT2D eigenvalue weighted by Crippen LogP contribution is -2.22. The minimum absolute atomic E-state index is 0.0218. The van der Waals surface area contributed by atoms with Crippen molar-refractivity contribution in [2.75, 3.05) is 16.4 Å². The molecule has 0 bridgehead atoms. The van der Waals surface area contributed by atoms with Crippen molar-refractivity contribution in [2.45, 2.75) is 41.2 Å². The Morgan fingerprint density at radius 3 is 2.33 bits per heavy atom. The molecule has 2 aromatic carbocycles. The molecule has 1 aromatic heterocycles. The average molecular weight is 406 g/mol. The van der Waals surface area contributed by atoms with Gasteiger partial charge in [0, 0.05) is 11.4 Å². The number of hydrogen-bond donors (Lipinski definition) is 3. The second-order valence-corrected chi connectivity index (χ2v) is 7.50. The fraction of sp³-hybridized carbons (Fsp3) is 0.273. The van der Waals surface area contributed by atoms with Gasteiger partial charge in [-0.25, -0.2) is 4.68 Å². The second kappa shape index (κ2) is 8.36. The zero-order valence-corrected chi connectivity index (χ0v) is 17.8. The summed E-state index contributed by atoms with van der Waals surface area (Å²) >= 11 is 0. The number of carbonyl (C=O) groups excluding carboxylic acids is 2. The van der Waals surface area contributed by atoms with E-state index < -0.39 is 5.91 Å². The van der Waals surface area contributed by atoms with Crippen LogP contribution in [0.2, 0.25) is 0 Å². The van der Waals surface area contributed by atoms with Gasteiger partial charge in [-0.1, -0.05) is 35.0 Å². The van der Waals surface area contributed by atoms with Crippen LogP contribution in [-0.2, 0) is 11.3 Å². The van der Waals surface area contributed by atoms with Gasteiger partial charge in [0.05, 0.1) is 0 Å². The van der Waals surface area contributed by atoms with Crippen LogP contribution < -0.4 is 16.4 Å². The number of rotatable bonds is 5. The molecule has 156 valence electrons. The van der Waals surface area contributed by atoms with Crippen molar-refractivity contribution >= 4 is 29.0 Å². The first-order chi connectivity index (χ1) is 14.2. The van der Waals surface area contributed by atoms with E-state index in [0.29, 0.717) is 5.69 Å². The molecule has 0 atom stereocenters. The second-order valence-electron chi connectivity index (χ2n) is 7.50. The highest BCUT2D eigenvalue weighted by Crippen LogP contribution is 2.22. The van der Waals surface area contributed by atoms with Crippen molar-refractivity contribution in [3.8, 4) is 0 Å². The molecule has 8 heteroatoms. The summed E-state index contributed by atoms with van der Waals surface area (Å²) in [6.45, 7) is 9.62. The highest BCUT2D eigenvalue weighted by Gasteiger charge is 2.20. The maximum absolute atomic E-state index is 12.6. The largest absolute Gasteiger partial charge is 0.382 e. The van der Waals surface area contributed by atoms with E-state index in [0.717, 1.165) is 33.5 Å². The fourth-order valence-electron chi connectivity index (χ4n) is 3.36. The Morgan fingerprint density at radius 2 is 1.67 bits per heavy atom. The van der Waals surface area contributed by atoms with Crippen LogP contribution in [0.3, 0.4) is 0 Å². The number of aryl methyl sites for hydroxylation is 4. The lowest BCUT2D eigenvalue weighted by atomic mass is 10.1. The minimum Gasteiger partial charge on any atom is -0.382 e. The van der Waals surface area contributed by atoms with E-state index in [4.69, 9.17) is 5.73 Å². The third-order valence-corrected chi connectivity index (χ3v) is 5.08. The van der Waals surface area contributed by atoms with E-state index in [1.54, 1.807) is 6.07 Å². The molecule has 0 unspecified atom stereocenters. The maximum Gasteiger partial charge on any atom is 0.280 e. The van der Waals surface area contributed by atoms with Gasteiger partial charge in [0.25, 0.3) is 5.91 Å². The normalized spacial score (nSPS) is 10.7. The van der Waals surface area contributed by atoms with Crippen molar-refractivity contribution in [2.24, 2.45) is 0 Å². The molecule has 3 aromatic rings. The predicted octanol–water partition coefficient (Wildman–Crippen LogP) is 3.29. The van der Waals surface area contributed by atoms with Gasteiger partial charge in [-0.3, -0.25) is 9.59 Å². The number of nitrogens with zero attached hydrogens (tertiary/aromatic N) is 3. The first-order valence-electron chi connectivity index (χ1n) is 9.61. The van der Waals surface area contributed by atoms with Gasteiger partial charge in [-0.05, 0) is 62.9 Å². The monoisotopic (exact) mass is 406 g/mol. The SMILES string of the molecule is Cc1cc(C)c(NC(=O)Cn2nnc(C(=O)Nc3cccc(C)c3C)c2N)c(C)c1. The highest BCUT2D eigenvalue weighted by molar-refractivity contribution is 6.06. The van der Waals surface area contributed by atoms with E-state index in [9.17, 15) is 9.59 Å². The molecule has 0 saturated heterocycles. The summed E-state index contributed by atoms with van der Waals surface area (Å²) in [5, 5.41) is 13.4. The first-order valence-corrected chi connectivity index (χ1v) is 9.61. The van der Waals surface area contributed by atoms with Gasteiger partial charge in [0.15, 0.2) is 11.5 Å². The molecule has 0 spiro atoms. The van der Waals surface area contributed by atoms with Gasteiger partial charge in [0.1, 0.15) is 6.54 Å². The third kappa shape index (κ3) is 4.32. The smallest absolute Gasteiger partial charge is 0.280 e. The molecule has 0 aliphatic rings. The quantitative estimate of drug-likeness (QED) is 0.601. The summed E-state index contributed by atoms with van der Waals surface area (Å²) in [4.78, 5) is 25.1. The molecule has 30 heavy (non-hydrogen) atoms. The molecule has 0 aliphatic carbocycles. The van der Waals surface area contributed by atoms with Gasteiger partial charge in [0.2, 0.25) is 5.91 Å². The third-order valence-electron chi connectivity index (χ3n) is 5.08. The molecule has 3 rings (SSSR count). The summed E-state index contributed by atoms with van der Waals surface area (Å²) in [5.74, 6) is -0.744. The Morgan fingerprint density at radius 1 is 1.00 bits per heavy atom. The number of aromatic nitrogens is 3. The fourth-order valence-corrected chi connectivity index (χ4v) is 3.36. The van der Waals surface area contributed by atoms with Crippen molar-refractivity contribution in [1.82, 2.24) is 15.0 Å². The summed E-state index contributed by atoms with van der Waals surface area (Å²) in [6, 6.07) is 9.63. The standard InChI is InChI=1S/C22H26N6O2/c1-12-9-14(3)19(15(4)10-12)25-18(29)11-28-21(23)20(26-27-28)22(30)24-17-8-6-7-13(2)16(17)5/h6-10H,11,23H2,1-5H3,(H,24,30)(H,25,29). The van der Waals surface area contributed by atoms with E-state index in [-0.39, 0.29) is 24.0 Å². The molecule has 8 nitrogen and oxygen atoms in total. The number of anilines is 3. The van der Waals surface area contributed by atoms with Gasteiger partial charge < -0.3 is 16.4 Å². The van der Waals surface area contributed by atoms with Gasteiger partial charge >= 0.3 is 0 Å². The molecule has 0 saturated carbocycles. The molecule has 0 fully saturated rings. The van der Waals surface area contributed by atoms with Crippen LogP contribution in [0.4, 0.5) is 17.2 Å². The van der Waals surface area contributed by atoms with Crippen LogP contribution in [-0.4, -0.2) is 26.8 Å². The summed E-state index contributed by atoms with van der Waals surface area (Å²) in [7, 11) is 0. The first kappa shape index (κ1) is 21.0. The van der Waals surface area contributed by atoms with Crippen molar-refractivity contribution in [3.05, 3.63) is 63.8 Å². The Balaban J connectivity index is 1.73. The van der Waals surface area contributed by atoms with E-state index in [1.165, 1.54) is 4.68 Å². The van der Waals surface area contributed by atoms with Gasteiger partial charge in [-0.2, -0.15) is 0 Å². The maximum atomic E-state index is 12.6. The van der Waals surface area contributed by atoms with E-state index >= 15 is 0 Å². The lowest BCUT2D eigenvalue weighted by molar-refractivity contribution is -0.116. The summed E-state index contributed by atoms with van der Waals surface area (Å²) in [6.07, 6.45) is 0. The Kier molecular flexibility index (Phi) is 5.86. The number of amides is 2. The molecule has 2 amide bonds. The lowest BCUT2D eigenvalue weighted by Gasteiger charge is -2.13. The predicted molar refractivity (Wildman–Crippen MR) is 118 cm³/mol. The van der Waals surface area contributed by atoms with Crippen molar-refractivity contribution in [3.63, 3.8) is 0 Å². The molecule has 1 heterocycles. The van der Waals surface area contributed by atoms with Crippen LogP contribution in [0, 0.1) is 34.6 Å². The Labute approximate surface area is 175 Å². The van der Waals surface area contributed by atoms with Crippen molar-refractivity contribution < 1.29 is 9.59 Å². The molecule has 4 N–H and O–H groups in total. The van der Waals surface area contributed by atoms with Crippen LogP contribution in [0.5, 0.6) is 0 Å². The molecule has 0 aliphatic heterocycles. The Bertz CT molecular complexity index is 1110. The van der Waals surface area contributed by atoms with Crippen LogP contribution in [0.25, 0.3) is 0 Å². The zero-order chi connectivity index (χ0) is 22.0. The van der Waals surface area contributed by atoms with Crippen LogP contribution in [0.15, 0.2) is 30.3 Å². The zero-order valence-electron chi connectivity index (χ0n) is 17.8. The highest BCUT2D eigenvalue weighted by atomic mass is 16.2. The summed E-state index contributed by atoms with van der Waals surface area (Å²) in [5.41, 5.74) is 12.6. The molecule has 0 radical (unpaired) electrons. The topological polar surface area (TPSA) is 115 Å².